The highest BCUT2D eigenvalue weighted by molar-refractivity contribution is 6.00. The van der Waals surface area contributed by atoms with E-state index in [1.165, 1.54) is 61.0 Å². The SMILES string of the molecule is CC1(C)c2ccccc2-c2ccc(N(c3ccc(-c4ccccc4)c(-c4ccccc4)c3)c3cccc4ccccc34)cc21. The molecule has 7 aromatic carbocycles. The summed E-state index contributed by atoms with van der Waals surface area (Å²) < 4.78 is 0. The van der Waals surface area contributed by atoms with Crippen LogP contribution in [0.1, 0.15) is 25.0 Å². The second-order valence-corrected chi connectivity index (χ2v) is 12.2. The van der Waals surface area contributed by atoms with E-state index in [1.807, 2.05) is 0 Å². The second kappa shape index (κ2) is 10.4. The van der Waals surface area contributed by atoms with Crippen LogP contribution in [0.2, 0.25) is 0 Å². The van der Waals surface area contributed by atoms with Gasteiger partial charge in [0.1, 0.15) is 0 Å². The lowest BCUT2D eigenvalue weighted by Gasteiger charge is -2.30. The summed E-state index contributed by atoms with van der Waals surface area (Å²) in [6.45, 7) is 4.71. The fourth-order valence-electron chi connectivity index (χ4n) is 7.06. The molecule has 0 aromatic heterocycles. The molecule has 0 aliphatic heterocycles. The molecule has 1 aliphatic carbocycles. The van der Waals surface area contributed by atoms with E-state index in [0.29, 0.717) is 0 Å². The van der Waals surface area contributed by atoms with Gasteiger partial charge in [-0.05, 0) is 80.2 Å². The Bertz CT molecular complexity index is 2140. The Balaban J connectivity index is 1.38. The highest BCUT2D eigenvalue weighted by Crippen LogP contribution is 2.51. The normalized spacial score (nSPS) is 13.0. The average Bonchev–Trinajstić information content (AvgIpc) is 3.31. The number of benzene rings is 7. The highest BCUT2D eigenvalue weighted by Gasteiger charge is 2.35. The fourth-order valence-corrected chi connectivity index (χ4v) is 7.06. The summed E-state index contributed by atoms with van der Waals surface area (Å²) in [6.07, 6.45) is 0. The lowest BCUT2D eigenvalue weighted by molar-refractivity contribution is 0.660. The van der Waals surface area contributed by atoms with Crippen molar-refractivity contribution in [3.8, 4) is 33.4 Å². The van der Waals surface area contributed by atoms with Crippen LogP contribution in [0.3, 0.4) is 0 Å². The molecule has 7 aromatic rings. The zero-order valence-corrected chi connectivity index (χ0v) is 25.0. The van der Waals surface area contributed by atoms with Crippen LogP contribution < -0.4 is 4.90 Å². The minimum absolute atomic E-state index is 0.0846. The van der Waals surface area contributed by atoms with Crippen molar-refractivity contribution >= 4 is 27.8 Å². The minimum atomic E-state index is -0.0846. The van der Waals surface area contributed by atoms with Gasteiger partial charge in [0, 0.05) is 22.2 Å². The summed E-state index contributed by atoms with van der Waals surface area (Å²) in [7, 11) is 0. The van der Waals surface area contributed by atoms with Gasteiger partial charge < -0.3 is 4.90 Å². The van der Waals surface area contributed by atoms with Gasteiger partial charge in [-0.15, -0.1) is 0 Å². The van der Waals surface area contributed by atoms with Crippen molar-refractivity contribution < 1.29 is 0 Å². The molecule has 0 spiro atoms. The smallest absolute Gasteiger partial charge is 0.0540 e. The zero-order valence-electron chi connectivity index (χ0n) is 25.0. The van der Waals surface area contributed by atoms with Gasteiger partial charge in [0.05, 0.1) is 5.69 Å². The lowest BCUT2D eigenvalue weighted by Crippen LogP contribution is -2.16. The molecular weight excluding hydrogens is 530 g/mol. The molecule has 0 N–H and O–H groups in total. The largest absolute Gasteiger partial charge is 0.310 e. The van der Waals surface area contributed by atoms with Gasteiger partial charge in [-0.2, -0.15) is 0 Å². The van der Waals surface area contributed by atoms with Crippen LogP contribution in [0.15, 0.2) is 164 Å². The Labute approximate surface area is 259 Å². The molecule has 1 aliphatic rings. The van der Waals surface area contributed by atoms with Gasteiger partial charge in [0.2, 0.25) is 0 Å². The van der Waals surface area contributed by atoms with Crippen molar-refractivity contribution in [1.82, 2.24) is 0 Å². The first kappa shape index (κ1) is 26.2. The topological polar surface area (TPSA) is 3.24 Å². The van der Waals surface area contributed by atoms with E-state index < -0.39 is 0 Å². The third kappa shape index (κ3) is 4.24. The molecule has 8 rings (SSSR count). The minimum Gasteiger partial charge on any atom is -0.310 e. The first-order chi connectivity index (χ1) is 21.6. The Morgan fingerprint density at radius 3 is 1.75 bits per heavy atom. The molecule has 0 fully saturated rings. The molecule has 210 valence electrons. The fraction of sp³-hybridized carbons (Fsp3) is 0.0698. The number of hydrogen-bond acceptors (Lipinski definition) is 1. The van der Waals surface area contributed by atoms with Crippen LogP contribution in [0.25, 0.3) is 44.2 Å². The maximum atomic E-state index is 2.45. The molecule has 0 saturated carbocycles. The summed E-state index contributed by atoms with van der Waals surface area (Å²) >= 11 is 0. The van der Waals surface area contributed by atoms with Crippen LogP contribution in [-0.2, 0) is 5.41 Å². The van der Waals surface area contributed by atoms with E-state index in [9.17, 15) is 0 Å². The Morgan fingerprint density at radius 2 is 0.977 bits per heavy atom. The maximum absolute atomic E-state index is 2.45. The highest BCUT2D eigenvalue weighted by atomic mass is 15.1. The summed E-state index contributed by atoms with van der Waals surface area (Å²) in [5, 5.41) is 2.46. The molecule has 1 nitrogen and oxygen atoms in total. The van der Waals surface area contributed by atoms with Crippen molar-refractivity contribution in [2.24, 2.45) is 0 Å². The number of nitrogens with zero attached hydrogens (tertiary/aromatic N) is 1. The Kier molecular flexibility index (Phi) is 6.20. The third-order valence-corrected chi connectivity index (χ3v) is 9.26. The van der Waals surface area contributed by atoms with Gasteiger partial charge in [-0.25, -0.2) is 0 Å². The molecule has 0 bridgehead atoms. The molecule has 0 amide bonds. The van der Waals surface area contributed by atoms with Gasteiger partial charge in [-0.1, -0.05) is 147 Å². The summed E-state index contributed by atoms with van der Waals surface area (Å²) in [5.41, 5.74) is 13.7. The number of anilines is 3. The molecule has 0 unspecified atom stereocenters. The Hall–Kier alpha value is -5.40. The molecule has 1 heteroatoms. The van der Waals surface area contributed by atoms with Gasteiger partial charge in [-0.3, -0.25) is 0 Å². The standard InChI is InChI=1S/C43H33N/c1-43(2)40-22-12-11-21-37(40)38-27-25-34(29-41(38)43)44(42-23-13-19-31-18-9-10-20-36(31)42)33-24-26-35(30-14-5-3-6-15-30)39(28-33)32-16-7-4-8-17-32/h3-29H,1-2H3. The van der Waals surface area contributed by atoms with Crippen LogP contribution in [-0.4, -0.2) is 0 Å². The van der Waals surface area contributed by atoms with Gasteiger partial charge in [0.15, 0.2) is 0 Å². The lowest BCUT2D eigenvalue weighted by atomic mass is 9.82. The summed E-state index contributed by atoms with van der Waals surface area (Å²) in [5.74, 6) is 0. The molecule has 0 heterocycles. The van der Waals surface area contributed by atoms with E-state index in [0.717, 1.165) is 11.4 Å². The van der Waals surface area contributed by atoms with Crippen molar-refractivity contribution in [2.45, 2.75) is 19.3 Å². The van der Waals surface area contributed by atoms with E-state index in [1.54, 1.807) is 0 Å². The van der Waals surface area contributed by atoms with Crippen LogP contribution in [0, 0.1) is 0 Å². The van der Waals surface area contributed by atoms with E-state index >= 15 is 0 Å². The average molecular weight is 564 g/mol. The number of fused-ring (bicyclic) bond motifs is 4. The van der Waals surface area contributed by atoms with Crippen molar-refractivity contribution in [3.63, 3.8) is 0 Å². The number of rotatable bonds is 5. The molecule has 0 atom stereocenters. The first-order valence-electron chi connectivity index (χ1n) is 15.4. The first-order valence-corrected chi connectivity index (χ1v) is 15.4. The van der Waals surface area contributed by atoms with Crippen LogP contribution in [0.4, 0.5) is 17.1 Å². The predicted octanol–water partition coefficient (Wildman–Crippen LogP) is 11.9. The maximum Gasteiger partial charge on any atom is 0.0540 e. The van der Waals surface area contributed by atoms with Gasteiger partial charge in [0.25, 0.3) is 0 Å². The van der Waals surface area contributed by atoms with E-state index in [2.05, 4.69) is 183 Å². The van der Waals surface area contributed by atoms with Crippen LogP contribution >= 0.6 is 0 Å². The Morgan fingerprint density at radius 1 is 0.409 bits per heavy atom. The zero-order chi connectivity index (χ0) is 29.7. The quantitative estimate of drug-likeness (QED) is 0.201. The molecule has 0 saturated heterocycles. The summed E-state index contributed by atoms with van der Waals surface area (Å²) in [4.78, 5) is 2.45. The summed E-state index contributed by atoms with van der Waals surface area (Å²) in [6, 6.07) is 59.6. The van der Waals surface area contributed by atoms with E-state index in [-0.39, 0.29) is 5.41 Å². The van der Waals surface area contributed by atoms with Gasteiger partial charge >= 0.3 is 0 Å². The monoisotopic (exact) mass is 563 g/mol. The predicted molar refractivity (Wildman–Crippen MR) is 187 cm³/mol. The second-order valence-electron chi connectivity index (χ2n) is 12.2. The van der Waals surface area contributed by atoms with Crippen molar-refractivity contribution in [2.75, 3.05) is 4.90 Å². The van der Waals surface area contributed by atoms with Crippen LogP contribution in [0.5, 0.6) is 0 Å². The molecule has 0 radical (unpaired) electrons. The molecule has 44 heavy (non-hydrogen) atoms. The van der Waals surface area contributed by atoms with Crippen molar-refractivity contribution in [3.05, 3.63) is 175 Å². The molecular formula is C43H33N. The third-order valence-electron chi connectivity index (χ3n) is 9.26. The van der Waals surface area contributed by atoms with E-state index in [4.69, 9.17) is 0 Å². The van der Waals surface area contributed by atoms with Crippen molar-refractivity contribution in [1.29, 1.82) is 0 Å². The number of hydrogen-bond donors (Lipinski definition) is 0.